The average Bonchev–Trinajstić information content (AvgIpc) is 3.38. The van der Waals surface area contributed by atoms with Gasteiger partial charge in [0.05, 0.1) is 6.61 Å². The summed E-state index contributed by atoms with van der Waals surface area (Å²) in [5, 5.41) is 25.9. The van der Waals surface area contributed by atoms with Crippen LogP contribution in [0.25, 0.3) is 0 Å². The van der Waals surface area contributed by atoms with Crippen LogP contribution >= 0.6 is 0 Å². The molecule has 2 amide bonds. The SMILES string of the molecule is CC(C)CNC(=O)OCCCCCCNC(=O)On1c(O)c2c(c1O)C1C=CC2C1. The summed E-state index contributed by atoms with van der Waals surface area (Å²) in [5.74, 6) is 0.0807. The molecule has 9 heteroatoms. The number of hydrogen-bond acceptors (Lipinski definition) is 6. The van der Waals surface area contributed by atoms with E-state index in [9.17, 15) is 19.8 Å². The maximum Gasteiger partial charge on any atom is 0.432 e. The number of fused-ring (bicyclic) bond motifs is 5. The predicted molar refractivity (Wildman–Crippen MR) is 110 cm³/mol. The van der Waals surface area contributed by atoms with Crippen molar-refractivity contribution >= 4 is 12.2 Å². The van der Waals surface area contributed by atoms with Crippen molar-refractivity contribution in [3.8, 4) is 11.8 Å². The third kappa shape index (κ3) is 5.01. The largest absolute Gasteiger partial charge is 0.492 e. The average molecular weight is 421 g/mol. The number of hydrogen-bond donors (Lipinski definition) is 4. The zero-order valence-corrected chi connectivity index (χ0v) is 17.5. The van der Waals surface area contributed by atoms with Crippen LogP contribution in [0.4, 0.5) is 9.59 Å². The second-order valence-corrected chi connectivity index (χ2v) is 8.23. The summed E-state index contributed by atoms with van der Waals surface area (Å²) in [6.45, 7) is 5.40. The van der Waals surface area contributed by atoms with E-state index in [0.717, 1.165) is 36.8 Å². The quantitative estimate of drug-likeness (QED) is 0.340. The van der Waals surface area contributed by atoms with Crippen molar-refractivity contribution in [2.24, 2.45) is 5.92 Å². The van der Waals surface area contributed by atoms with Crippen LogP contribution in [0, 0.1) is 5.92 Å². The molecule has 4 N–H and O–H groups in total. The molecule has 0 saturated carbocycles. The minimum atomic E-state index is -0.736. The first kappa shape index (κ1) is 21.9. The first-order valence-electron chi connectivity index (χ1n) is 10.6. The third-order valence-electron chi connectivity index (χ3n) is 5.38. The molecule has 1 heterocycles. The summed E-state index contributed by atoms with van der Waals surface area (Å²) in [6, 6.07) is 0. The summed E-state index contributed by atoms with van der Waals surface area (Å²) in [4.78, 5) is 28.5. The van der Waals surface area contributed by atoms with E-state index in [2.05, 4.69) is 10.6 Å². The zero-order chi connectivity index (χ0) is 21.7. The number of nitrogens with zero attached hydrogens (tertiary/aromatic N) is 1. The molecule has 9 nitrogen and oxygen atoms in total. The number of nitrogens with one attached hydrogen (secondary N) is 2. The first-order chi connectivity index (χ1) is 14.4. The van der Waals surface area contributed by atoms with Crippen LogP contribution in [0.1, 0.15) is 68.9 Å². The molecule has 0 spiro atoms. The van der Waals surface area contributed by atoms with Crippen LogP contribution in [0.3, 0.4) is 0 Å². The van der Waals surface area contributed by atoms with Crippen molar-refractivity contribution in [3.63, 3.8) is 0 Å². The molecule has 2 bridgehead atoms. The van der Waals surface area contributed by atoms with Gasteiger partial charge >= 0.3 is 12.2 Å². The Morgan fingerprint density at radius 2 is 1.67 bits per heavy atom. The summed E-state index contributed by atoms with van der Waals surface area (Å²) >= 11 is 0. The lowest BCUT2D eigenvalue weighted by atomic mass is 10.0. The number of carbonyl (C=O) groups is 2. The highest BCUT2D eigenvalue weighted by molar-refractivity contribution is 5.68. The molecule has 3 rings (SSSR count). The number of ether oxygens (including phenoxy) is 1. The van der Waals surface area contributed by atoms with Crippen LogP contribution in [0.15, 0.2) is 12.2 Å². The van der Waals surface area contributed by atoms with Crippen molar-refractivity contribution in [1.82, 2.24) is 15.4 Å². The van der Waals surface area contributed by atoms with Crippen molar-refractivity contribution in [3.05, 3.63) is 23.3 Å². The molecule has 1 aromatic heterocycles. The van der Waals surface area contributed by atoms with E-state index >= 15 is 0 Å². The smallest absolute Gasteiger partial charge is 0.432 e. The molecule has 1 aromatic rings. The number of unbranched alkanes of at least 4 members (excludes halogenated alkanes) is 3. The van der Waals surface area contributed by atoms with Gasteiger partial charge in [0, 0.05) is 36.1 Å². The number of aromatic nitrogens is 1. The minimum absolute atomic E-state index is 0.0640. The molecule has 2 aliphatic carbocycles. The van der Waals surface area contributed by atoms with Gasteiger partial charge in [-0.15, -0.1) is 4.73 Å². The molecule has 2 aliphatic rings. The Morgan fingerprint density at radius 1 is 1.03 bits per heavy atom. The number of aromatic hydroxyl groups is 2. The van der Waals surface area contributed by atoms with Crippen molar-refractivity contribution in [1.29, 1.82) is 0 Å². The zero-order valence-electron chi connectivity index (χ0n) is 17.5. The molecular weight excluding hydrogens is 390 g/mol. The molecule has 2 unspecified atom stereocenters. The lowest BCUT2D eigenvalue weighted by molar-refractivity contribution is 0.107. The van der Waals surface area contributed by atoms with Crippen LogP contribution in [-0.2, 0) is 4.74 Å². The maximum absolute atomic E-state index is 12.0. The van der Waals surface area contributed by atoms with Crippen LogP contribution < -0.4 is 15.5 Å². The van der Waals surface area contributed by atoms with Crippen LogP contribution in [0.2, 0.25) is 0 Å². The number of allylic oxidation sites excluding steroid dienone is 2. The fraction of sp³-hybridized carbons (Fsp3) is 0.619. The summed E-state index contributed by atoms with van der Waals surface area (Å²) < 4.78 is 5.88. The second-order valence-electron chi connectivity index (χ2n) is 8.23. The van der Waals surface area contributed by atoms with Gasteiger partial charge in [-0.3, -0.25) is 0 Å². The molecule has 0 saturated heterocycles. The van der Waals surface area contributed by atoms with E-state index < -0.39 is 6.09 Å². The van der Waals surface area contributed by atoms with Gasteiger partial charge in [0.1, 0.15) is 0 Å². The van der Waals surface area contributed by atoms with Crippen molar-refractivity contribution < 1.29 is 29.4 Å². The van der Waals surface area contributed by atoms with E-state index in [0.29, 0.717) is 36.7 Å². The van der Waals surface area contributed by atoms with Gasteiger partial charge in [0.2, 0.25) is 11.8 Å². The Kier molecular flexibility index (Phi) is 7.12. The van der Waals surface area contributed by atoms with Gasteiger partial charge in [-0.1, -0.05) is 32.4 Å². The number of amides is 2. The molecule has 0 aromatic carbocycles. The summed E-state index contributed by atoms with van der Waals surface area (Å²) in [6.07, 6.45) is 6.94. The Hall–Kier alpha value is -2.84. The molecule has 0 fully saturated rings. The Balaban J connectivity index is 1.28. The lowest BCUT2D eigenvalue weighted by Gasteiger charge is -2.10. The van der Waals surface area contributed by atoms with Gasteiger partial charge in [-0.2, -0.15) is 0 Å². The Morgan fingerprint density at radius 3 is 2.30 bits per heavy atom. The molecule has 2 atom stereocenters. The normalized spacial score (nSPS) is 18.5. The lowest BCUT2D eigenvalue weighted by Crippen LogP contribution is -2.32. The van der Waals surface area contributed by atoms with E-state index in [-0.39, 0.29) is 29.7 Å². The fourth-order valence-corrected chi connectivity index (χ4v) is 3.89. The summed E-state index contributed by atoms with van der Waals surface area (Å²) in [5.41, 5.74) is 1.29. The molecular formula is C21H31N3O6. The van der Waals surface area contributed by atoms with E-state index in [1.165, 1.54) is 0 Å². The van der Waals surface area contributed by atoms with Gasteiger partial charge in [-0.25, -0.2) is 9.59 Å². The molecule has 0 radical (unpaired) electrons. The number of carbonyl (C=O) groups excluding carboxylic acids is 2. The van der Waals surface area contributed by atoms with Gasteiger partial charge < -0.3 is 30.4 Å². The monoisotopic (exact) mass is 421 g/mol. The molecule has 30 heavy (non-hydrogen) atoms. The van der Waals surface area contributed by atoms with Crippen molar-refractivity contribution in [2.75, 3.05) is 19.7 Å². The summed E-state index contributed by atoms with van der Waals surface area (Å²) in [7, 11) is 0. The van der Waals surface area contributed by atoms with E-state index in [1.54, 1.807) is 0 Å². The fourth-order valence-electron chi connectivity index (χ4n) is 3.89. The highest BCUT2D eigenvalue weighted by atomic mass is 16.7. The third-order valence-corrected chi connectivity index (χ3v) is 5.38. The van der Waals surface area contributed by atoms with Gasteiger partial charge in [0.25, 0.3) is 0 Å². The van der Waals surface area contributed by atoms with Gasteiger partial charge in [0.15, 0.2) is 0 Å². The number of alkyl carbamates (subject to hydrolysis) is 1. The van der Waals surface area contributed by atoms with Crippen molar-refractivity contribution in [2.45, 2.75) is 57.8 Å². The molecule has 0 aliphatic heterocycles. The minimum Gasteiger partial charge on any atom is -0.492 e. The number of rotatable bonds is 10. The van der Waals surface area contributed by atoms with E-state index in [1.807, 2.05) is 26.0 Å². The van der Waals surface area contributed by atoms with Crippen LogP contribution in [0.5, 0.6) is 11.8 Å². The predicted octanol–water partition coefficient (Wildman–Crippen LogP) is 3.12. The Labute approximate surface area is 176 Å². The van der Waals surface area contributed by atoms with Gasteiger partial charge in [-0.05, 0) is 31.6 Å². The maximum atomic E-state index is 12.0. The highest BCUT2D eigenvalue weighted by Crippen LogP contribution is 2.56. The Bertz CT molecular complexity index is 766. The first-order valence-corrected chi connectivity index (χ1v) is 10.6. The molecule has 166 valence electrons. The topological polar surface area (TPSA) is 122 Å². The second kappa shape index (κ2) is 9.77. The highest BCUT2D eigenvalue weighted by Gasteiger charge is 2.42. The standard InChI is InChI=1S/C21H31N3O6/c1-13(2)12-23-20(27)29-10-6-4-3-5-9-22-21(28)30-24-18(25)16-14-7-8-15(11-14)17(16)19(24)26/h7-8,13-15,25-26H,3-6,9-12H2,1-2H3,(H,22,28)(H,23,27). The van der Waals surface area contributed by atoms with Crippen LogP contribution in [-0.4, -0.2) is 46.8 Å². The van der Waals surface area contributed by atoms with E-state index in [4.69, 9.17) is 9.57 Å².